The number of amides is 1. The average Bonchev–Trinajstić information content (AvgIpc) is 2.72. The molecule has 0 spiro atoms. The summed E-state index contributed by atoms with van der Waals surface area (Å²) >= 11 is 0. The van der Waals surface area contributed by atoms with Crippen LogP contribution in [0, 0.1) is 5.92 Å². The Morgan fingerprint density at radius 2 is 2.00 bits per heavy atom. The van der Waals surface area contributed by atoms with E-state index in [1.165, 1.54) is 18.1 Å². The van der Waals surface area contributed by atoms with Crippen molar-refractivity contribution in [2.45, 2.75) is 32.1 Å². The minimum absolute atomic E-state index is 0.187. The van der Waals surface area contributed by atoms with Gasteiger partial charge in [0, 0.05) is 43.8 Å². The maximum absolute atomic E-state index is 11.7. The van der Waals surface area contributed by atoms with Crippen molar-refractivity contribution in [1.29, 1.82) is 0 Å². The van der Waals surface area contributed by atoms with Crippen molar-refractivity contribution in [2.24, 2.45) is 5.92 Å². The Labute approximate surface area is 159 Å². The highest BCUT2D eigenvalue weighted by atomic mass is 16.5. The molecule has 1 aromatic carbocycles. The predicted octanol–water partition coefficient (Wildman–Crippen LogP) is 2.91. The number of hydrogen-bond acceptors (Lipinski definition) is 5. The van der Waals surface area contributed by atoms with Crippen LogP contribution in [0.2, 0.25) is 0 Å². The molecule has 0 atom stereocenters. The predicted molar refractivity (Wildman–Crippen MR) is 106 cm³/mol. The van der Waals surface area contributed by atoms with Crippen LogP contribution in [0.15, 0.2) is 36.5 Å². The third-order valence-corrected chi connectivity index (χ3v) is 5.22. The molecule has 1 aliphatic rings. The first kappa shape index (κ1) is 19.1. The molecule has 1 amide bonds. The van der Waals surface area contributed by atoms with Gasteiger partial charge in [0.25, 0.3) is 5.91 Å². The first-order chi connectivity index (χ1) is 13.2. The number of carbonyl (C=O) groups is 2. The Bertz CT molecular complexity index is 780. The van der Waals surface area contributed by atoms with E-state index in [9.17, 15) is 9.59 Å². The van der Waals surface area contributed by atoms with Crippen molar-refractivity contribution in [3.63, 3.8) is 0 Å². The molecule has 1 aliphatic heterocycles. The number of para-hydroxylation sites is 1. The van der Waals surface area contributed by atoms with E-state index < -0.39 is 0 Å². The fourth-order valence-electron chi connectivity index (χ4n) is 3.64. The fraction of sp³-hybridized carbons (Fsp3) is 0.476. The summed E-state index contributed by atoms with van der Waals surface area (Å²) in [5.74, 6) is 0.0692. The van der Waals surface area contributed by atoms with Crippen molar-refractivity contribution in [3.05, 3.63) is 36.5 Å². The van der Waals surface area contributed by atoms with Crippen LogP contribution < -0.4 is 10.2 Å². The average molecular weight is 369 g/mol. The third-order valence-electron chi connectivity index (χ3n) is 5.22. The maximum atomic E-state index is 11.7. The molecular weight excluding hydrogens is 342 g/mol. The molecule has 0 radical (unpaired) electrons. The number of piperidine rings is 1. The maximum Gasteiger partial charge on any atom is 0.306 e. The van der Waals surface area contributed by atoms with Crippen LogP contribution in [0.25, 0.3) is 10.9 Å². The minimum atomic E-state index is -0.292. The second-order valence-corrected chi connectivity index (χ2v) is 7.00. The molecule has 1 N–H and O–H groups in total. The molecule has 0 unspecified atom stereocenters. The largest absolute Gasteiger partial charge is 0.456 e. The first-order valence-corrected chi connectivity index (χ1v) is 9.62. The second-order valence-electron chi connectivity index (χ2n) is 7.00. The number of anilines is 1. The molecule has 0 bridgehead atoms. The van der Waals surface area contributed by atoms with Gasteiger partial charge in [-0.2, -0.15) is 0 Å². The van der Waals surface area contributed by atoms with Gasteiger partial charge in [-0.25, -0.2) is 0 Å². The Morgan fingerprint density at radius 3 is 2.78 bits per heavy atom. The molecule has 1 aromatic heterocycles. The number of rotatable bonds is 7. The number of hydrogen-bond donors (Lipinski definition) is 1. The summed E-state index contributed by atoms with van der Waals surface area (Å²) in [5.41, 5.74) is 2.30. The molecule has 2 heterocycles. The Morgan fingerprint density at radius 1 is 1.22 bits per heavy atom. The van der Waals surface area contributed by atoms with Crippen LogP contribution in [0.5, 0.6) is 0 Å². The van der Waals surface area contributed by atoms with E-state index in [1.54, 1.807) is 0 Å². The number of esters is 1. The highest BCUT2D eigenvalue weighted by Gasteiger charge is 2.21. The van der Waals surface area contributed by atoms with E-state index in [-0.39, 0.29) is 18.5 Å². The van der Waals surface area contributed by atoms with Crippen molar-refractivity contribution in [2.75, 3.05) is 31.6 Å². The molecule has 6 nitrogen and oxygen atoms in total. The number of ether oxygens (including phenoxy) is 1. The minimum Gasteiger partial charge on any atom is -0.456 e. The van der Waals surface area contributed by atoms with E-state index in [0.717, 1.165) is 44.3 Å². The zero-order valence-corrected chi connectivity index (χ0v) is 15.8. The molecule has 0 saturated carbocycles. The van der Waals surface area contributed by atoms with Crippen LogP contribution in [-0.4, -0.2) is 43.6 Å². The van der Waals surface area contributed by atoms with Crippen LogP contribution >= 0.6 is 0 Å². The van der Waals surface area contributed by atoms with Crippen molar-refractivity contribution in [1.82, 2.24) is 10.3 Å². The number of pyridine rings is 1. The summed E-state index contributed by atoms with van der Waals surface area (Å²) in [6.45, 7) is 1.87. The van der Waals surface area contributed by atoms with Gasteiger partial charge in [0.15, 0.2) is 6.61 Å². The highest BCUT2D eigenvalue weighted by Crippen LogP contribution is 2.30. The van der Waals surface area contributed by atoms with E-state index in [0.29, 0.717) is 12.3 Å². The number of nitrogens with one attached hydrogen (secondary N) is 1. The lowest BCUT2D eigenvalue weighted by atomic mass is 9.91. The lowest BCUT2D eigenvalue weighted by Gasteiger charge is -2.34. The van der Waals surface area contributed by atoms with Crippen molar-refractivity contribution < 1.29 is 14.3 Å². The molecule has 0 aliphatic carbocycles. The van der Waals surface area contributed by atoms with E-state index in [4.69, 9.17) is 4.74 Å². The molecule has 1 fully saturated rings. The number of aromatic nitrogens is 1. The summed E-state index contributed by atoms with van der Waals surface area (Å²) in [6, 6.07) is 10.4. The van der Waals surface area contributed by atoms with Gasteiger partial charge in [-0.15, -0.1) is 0 Å². The lowest BCUT2D eigenvalue weighted by molar-refractivity contribution is -0.148. The summed E-state index contributed by atoms with van der Waals surface area (Å²) in [7, 11) is 1.53. The monoisotopic (exact) mass is 369 g/mol. The zero-order valence-electron chi connectivity index (χ0n) is 15.8. The normalized spacial score (nSPS) is 14.9. The van der Waals surface area contributed by atoms with Crippen molar-refractivity contribution in [3.8, 4) is 0 Å². The van der Waals surface area contributed by atoms with Gasteiger partial charge < -0.3 is 15.0 Å². The Kier molecular flexibility index (Phi) is 6.63. The van der Waals surface area contributed by atoms with Crippen LogP contribution in [0.4, 0.5) is 5.69 Å². The quantitative estimate of drug-likeness (QED) is 0.760. The van der Waals surface area contributed by atoms with Gasteiger partial charge in [-0.05, 0) is 43.7 Å². The van der Waals surface area contributed by atoms with Crippen LogP contribution in [-0.2, 0) is 14.3 Å². The Balaban J connectivity index is 1.43. The number of fused-ring (bicyclic) bond motifs is 1. The topological polar surface area (TPSA) is 71.5 Å². The van der Waals surface area contributed by atoms with Gasteiger partial charge in [0.1, 0.15) is 0 Å². The summed E-state index contributed by atoms with van der Waals surface area (Å²) < 4.78 is 4.93. The summed E-state index contributed by atoms with van der Waals surface area (Å²) in [5, 5.41) is 3.64. The third kappa shape index (κ3) is 5.18. The number of carbonyl (C=O) groups excluding carboxylic acids is 2. The van der Waals surface area contributed by atoms with E-state index in [1.807, 2.05) is 12.3 Å². The van der Waals surface area contributed by atoms with Gasteiger partial charge >= 0.3 is 5.97 Å². The molecule has 1 saturated heterocycles. The molecular formula is C21H27N3O3. The highest BCUT2D eigenvalue weighted by molar-refractivity contribution is 5.91. The van der Waals surface area contributed by atoms with Crippen LogP contribution in [0.3, 0.4) is 0 Å². The number of nitrogens with zero attached hydrogens (tertiary/aromatic N) is 2. The summed E-state index contributed by atoms with van der Waals surface area (Å²) in [4.78, 5) is 29.6. The van der Waals surface area contributed by atoms with E-state index in [2.05, 4.69) is 39.5 Å². The smallest absolute Gasteiger partial charge is 0.306 e. The van der Waals surface area contributed by atoms with Gasteiger partial charge in [-0.3, -0.25) is 14.6 Å². The second kappa shape index (κ2) is 9.35. The number of benzene rings is 1. The van der Waals surface area contributed by atoms with Gasteiger partial charge in [-0.1, -0.05) is 18.2 Å². The van der Waals surface area contributed by atoms with Gasteiger partial charge in [0.05, 0.1) is 5.52 Å². The Hall–Kier alpha value is -2.63. The molecule has 2 aromatic rings. The SMILES string of the molecule is CNC(=O)COC(=O)CCCC1CCN(c2ccnc3ccccc23)CC1. The fourth-order valence-corrected chi connectivity index (χ4v) is 3.64. The standard InChI is InChI=1S/C21H27N3O3/c1-22-20(25)15-27-21(26)8-4-5-16-10-13-24(14-11-16)19-9-12-23-18-7-3-2-6-17(18)19/h2-3,6-7,9,12,16H,4-5,8,10-11,13-15H2,1H3,(H,22,25). The molecule has 6 heteroatoms. The van der Waals surface area contributed by atoms with Crippen molar-refractivity contribution >= 4 is 28.5 Å². The number of likely N-dealkylation sites (N-methyl/N-ethyl adjacent to an activating group) is 1. The van der Waals surface area contributed by atoms with Gasteiger partial charge in [0.2, 0.25) is 0 Å². The lowest BCUT2D eigenvalue weighted by Crippen LogP contribution is -2.33. The zero-order chi connectivity index (χ0) is 19.1. The molecule has 3 rings (SSSR count). The summed E-state index contributed by atoms with van der Waals surface area (Å²) in [6.07, 6.45) is 6.36. The van der Waals surface area contributed by atoms with Crippen LogP contribution in [0.1, 0.15) is 32.1 Å². The molecule has 144 valence electrons. The molecule has 27 heavy (non-hydrogen) atoms. The van der Waals surface area contributed by atoms with E-state index >= 15 is 0 Å². The first-order valence-electron chi connectivity index (χ1n) is 9.62.